The second kappa shape index (κ2) is 9.32. The number of piperazine rings is 1. The number of non-ortho nitro benzene ring substituents is 1. The van der Waals surface area contributed by atoms with Crippen molar-refractivity contribution >= 4 is 55.4 Å². The number of nitro benzene ring substituents is 1. The first kappa shape index (κ1) is 22.9. The Morgan fingerprint density at radius 1 is 1.03 bits per heavy atom. The highest BCUT2D eigenvalue weighted by molar-refractivity contribution is 7.89. The van der Waals surface area contributed by atoms with Crippen LogP contribution in [0.4, 0.5) is 10.8 Å². The smallest absolute Gasteiger partial charge is 0.269 e. The lowest BCUT2D eigenvalue weighted by Gasteiger charge is -2.33. The van der Waals surface area contributed by atoms with E-state index in [1.807, 2.05) is 17.5 Å². The van der Waals surface area contributed by atoms with Crippen molar-refractivity contribution in [2.24, 2.45) is 0 Å². The summed E-state index contributed by atoms with van der Waals surface area (Å²) in [4.78, 5) is 17.0. The molecule has 1 fully saturated rings. The molecule has 168 valence electrons. The first-order valence-corrected chi connectivity index (χ1v) is 12.7. The van der Waals surface area contributed by atoms with Crippen LogP contribution >= 0.6 is 34.5 Å². The number of nitrogens with zero attached hydrogens (tertiary/aromatic N) is 4. The number of halogens is 2. The third-order valence-corrected chi connectivity index (χ3v) is 8.71. The van der Waals surface area contributed by atoms with Gasteiger partial charge in [0.15, 0.2) is 5.13 Å². The van der Waals surface area contributed by atoms with Gasteiger partial charge in [-0.3, -0.25) is 10.1 Å². The Morgan fingerprint density at radius 3 is 2.34 bits per heavy atom. The number of aromatic nitrogens is 1. The third-order valence-electron chi connectivity index (χ3n) is 5.10. The van der Waals surface area contributed by atoms with E-state index in [1.54, 1.807) is 6.07 Å². The van der Waals surface area contributed by atoms with E-state index in [2.05, 4.69) is 9.88 Å². The molecule has 4 rings (SSSR count). The quantitative estimate of drug-likeness (QED) is 0.357. The minimum Gasteiger partial charge on any atom is -0.345 e. The van der Waals surface area contributed by atoms with Gasteiger partial charge in [-0.2, -0.15) is 4.31 Å². The Labute approximate surface area is 199 Å². The average molecular weight is 513 g/mol. The average Bonchev–Trinajstić information content (AvgIpc) is 3.25. The summed E-state index contributed by atoms with van der Waals surface area (Å²) in [6.07, 6.45) is 0.627. The standard InChI is InChI=1S/C20H18Cl2N4O4S2/c21-18-6-1-14(12-19(18)22)11-15-13-31-20(23-15)24-7-9-25(10-8-24)32(29,30)17-4-2-16(3-5-17)26(27)28/h1-6,12-13H,7-11H2. The molecule has 0 bridgehead atoms. The largest absolute Gasteiger partial charge is 0.345 e. The van der Waals surface area contributed by atoms with Gasteiger partial charge in [-0.05, 0) is 29.8 Å². The zero-order chi connectivity index (χ0) is 22.9. The van der Waals surface area contributed by atoms with Crippen molar-refractivity contribution in [2.75, 3.05) is 31.1 Å². The molecular weight excluding hydrogens is 495 g/mol. The van der Waals surface area contributed by atoms with Gasteiger partial charge in [-0.25, -0.2) is 13.4 Å². The molecule has 0 amide bonds. The van der Waals surface area contributed by atoms with Crippen molar-refractivity contribution < 1.29 is 13.3 Å². The number of benzene rings is 2. The predicted molar refractivity (Wildman–Crippen MR) is 125 cm³/mol. The van der Waals surface area contributed by atoms with Gasteiger partial charge in [-0.15, -0.1) is 11.3 Å². The van der Waals surface area contributed by atoms with Crippen molar-refractivity contribution in [2.45, 2.75) is 11.3 Å². The molecular formula is C20H18Cl2N4O4S2. The number of sulfonamides is 1. The Bertz CT molecular complexity index is 1240. The van der Waals surface area contributed by atoms with Crippen LogP contribution in [0.1, 0.15) is 11.3 Å². The molecule has 0 atom stereocenters. The maximum absolute atomic E-state index is 12.9. The van der Waals surface area contributed by atoms with Gasteiger partial charge in [0, 0.05) is 50.1 Å². The monoisotopic (exact) mass is 512 g/mol. The van der Waals surface area contributed by atoms with Gasteiger partial charge in [0.1, 0.15) is 0 Å². The summed E-state index contributed by atoms with van der Waals surface area (Å²) >= 11 is 13.6. The first-order valence-electron chi connectivity index (χ1n) is 9.62. The zero-order valence-electron chi connectivity index (χ0n) is 16.6. The van der Waals surface area contributed by atoms with Gasteiger partial charge in [0.05, 0.1) is 25.6 Å². The predicted octanol–water partition coefficient (Wildman–Crippen LogP) is 4.46. The highest BCUT2D eigenvalue weighted by Crippen LogP contribution is 2.28. The Hall–Kier alpha value is -2.24. The van der Waals surface area contributed by atoms with Crippen LogP contribution in [0, 0.1) is 10.1 Å². The van der Waals surface area contributed by atoms with Crippen molar-refractivity contribution in [1.82, 2.24) is 9.29 Å². The molecule has 0 radical (unpaired) electrons. The van der Waals surface area contributed by atoms with Gasteiger partial charge < -0.3 is 4.90 Å². The minimum absolute atomic E-state index is 0.0507. The van der Waals surface area contributed by atoms with E-state index in [9.17, 15) is 18.5 Å². The Balaban J connectivity index is 1.39. The van der Waals surface area contributed by atoms with E-state index < -0.39 is 14.9 Å². The molecule has 1 aromatic heterocycles. The molecule has 1 saturated heterocycles. The third kappa shape index (κ3) is 4.89. The van der Waals surface area contributed by atoms with Crippen LogP contribution in [0.2, 0.25) is 10.0 Å². The lowest BCUT2D eigenvalue weighted by Crippen LogP contribution is -2.48. The molecule has 0 N–H and O–H groups in total. The number of thiazole rings is 1. The molecule has 0 aliphatic carbocycles. The summed E-state index contributed by atoms with van der Waals surface area (Å²) in [5, 5.41) is 14.6. The molecule has 2 aromatic carbocycles. The summed E-state index contributed by atoms with van der Waals surface area (Å²) in [5.74, 6) is 0. The van der Waals surface area contributed by atoms with Gasteiger partial charge >= 0.3 is 0 Å². The van der Waals surface area contributed by atoms with E-state index in [-0.39, 0.29) is 10.6 Å². The first-order chi connectivity index (χ1) is 15.2. The van der Waals surface area contributed by atoms with Crippen molar-refractivity contribution in [1.29, 1.82) is 0 Å². The van der Waals surface area contributed by atoms with E-state index in [1.165, 1.54) is 39.9 Å². The maximum Gasteiger partial charge on any atom is 0.269 e. The molecule has 3 aromatic rings. The number of rotatable bonds is 6. The number of anilines is 1. The highest BCUT2D eigenvalue weighted by Gasteiger charge is 2.29. The molecule has 2 heterocycles. The summed E-state index contributed by atoms with van der Waals surface area (Å²) in [7, 11) is -3.71. The molecule has 12 heteroatoms. The molecule has 0 unspecified atom stereocenters. The maximum atomic E-state index is 12.9. The van der Waals surface area contributed by atoms with E-state index in [4.69, 9.17) is 23.2 Å². The van der Waals surface area contributed by atoms with Crippen LogP contribution < -0.4 is 4.90 Å². The summed E-state index contributed by atoms with van der Waals surface area (Å²) in [6.45, 7) is 1.62. The fourth-order valence-electron chi connectivity index (χ4n) is 3.39. The Morgan fingerprint density at radius 2 is 1.72 bits per heavy atom. The van der Waals surface area contributed by atoms with Gasteiger partial charge in [0.25, 0.3) is 5.69 Å². The van der Waals surface area contributed by atoms with Crippen LogP contribution in [-0.4, -0.2) is 48.8 Å². The molecule has 0 spiro atoms. The van der Waals surface area contributed by atoms with E-state index >= 15 is 0 Å². The van der Waals surface area contributed by atoms with Gasteiger partial charge in [-0.1, -0.05) is 29.3 Å². The number of nitro groups is 1. The van der Waals surface area contributed by atoms with Crippen LogP contribution in [0.25, 0.3) is 0 Å². The molecule has 8 nitrogen and oxygen atoms in total. The molecule has 32 heavy (non-hydrogen) atoms. The summed E-state index contributed by atoms with van der Waals surface area (Å²) in [5.41, 5.74) is 1.77. The fourth-order valence-corrected chi connectivity index (χ4v) is 6.01. The summed E-state index contributed by atoms with van der Waals surface area (Å²) in [6, 6.07) is 10.4. The van der Waals surface area contributed by atoms with Crippen LogP contribution in [0.5, 0.6) is 0 Å². The fraction of sp³-hybridized carbons (Fsp3) is 0.250. The second-order valence-corrected chi connectivity index (χ2v) is 10.8. The normalized spacial score (nSPS) is 15.1. The van der Waals surface area contributed by atoms with Crippen molar-refractivity contribution in [3.63, 3.8) is 0 Å². The lowest BCUT2D eigenvalue weighted by atomic mass is 10.1. The van der Waals surface area contributed by atoms with Crippen molar-refractivity contribution in [3.8, 4) is 0 Å². The van der Waals surface area contributed by atoms with Crippen LogP contribution in [-0.2, 0) is 16.4 Å². The minimum atomic E-state index is -3.71. The zero-order valence-corrected chi connectivity index (χ0v) is 19.8. The van der Waals surface area contributed by atoms with E-state index in [0.717, 1.165) is 16.4 Å². The summed E-state index contributed by atoms with van der Waals surface area (Å²) < 4.78 is 27.1. The second-order valence-electron chi connectivity index (χ2n) is 7.19. The van der Waals surface area contributed by atoms with Crippen LogP contribution in [0.15, 0.2) is 52.7 Å². The van der Waals surface area contributed by atoms with E-state index in [0.29, 0.717) is 42.6 Å². The lowest BCUT2D eigenvalue weighted by molar-refractivity contribution is -0.384. The SMILES string of the molecule is O=[N+]([O-])c1ccc(S(=O)(=O)N2CCN(c3nc(Cc4ccc(Cl)c(Cl)c4)cs3)CC2)cc1. The topological polar surface area (TPSA) is 96.6 Å². The molecule has 1 aliphatic heterocycles. The number of hydrogen-bond donors (Lipinski definition) is 0. The highest BCUT2D eigenvalue weighted by atomic mass is 35.5. The van der Waals surface area contributed by atoms with Gasteiger partial charge in [0.2, 0.25) is 10.0 Å². The van der Waals surface area contributed by atoms with Crippen molar-refractivity contribution in [3.05, 3.63) is 79.3 Å². The number of hydrogen-bond acceptors (Lipinski definition) is 7. The van der Waals surface area contributed by atoms with Crippen LogP contribution in [0.3, 0.4) is 0 Å². The molecule has 0 saturated carbocycles. The Kier molecular flexibility index (Phi) is 6.68. The molecule has 1 aliphatic rings.